The summed E-state index contributed by atoms with van der Waals surface area (Å²) in [5, 5.41) is 0. The van der Waals surface area contributed by atoms with Crippen molar-refractivity contribution in [1.82, 2.24) is 4.90 Å². The SMILES string of the molecule is CC(C)C[C@H](N)C(=O)CN1CCCc2ccccc2C1. The van der Waals surface area contributed by atoms with Crippen molar-refractivity contribution < 1.29 is 4.79 Å². The molecule has 0 bridgehead atoms. The zero-order valence-electron chi connectivity index (χ0n) is 12.6. The number of carbonyl (C=O) groups excluding carboxylic acids is 1. The number of fused-ring (bicyclic) bond motifs is 1. The van der Waals surface area contributed by atoms with E-state index in [9.17, 15) is 4.79 Å². The van der Waals surface area contributed by atoms with E-state index in [1.165, 1.54) is 11.1 Å². The van der Waals surface area contributed by atoms with Crippen LogP contribution in [0.4, 0.5) is 0 Å². The lowest BCUT2D eigenvalue weighted by atomic mass is 10.0. The Morgan fingerprint density at radius 1 is 1.30 bits per heavy atom. The molecule has 1 aliphatic heterocycles. The summed E-state index contributed by atoms with van der Waals surface area (Å²) < 4.78 is 0. The summed E-state index contributed by atoms with van der Waals surface area (Å²) >= 11 is 0. The van der Waals surface area contributed by atoms with Gasteiger partial charge in [-0.05, 0) is 42.9 Å². The van der Waals surface area contributed by atoms with E-state index in [1.54, 1.807) is 0 Å². The van der Waals surface area contributed by atoms with Crippen molar-refractivity contribution in [3.05, 3.63) is 35.4 Å². The lowest BCUT2D eigenvalue weighted by Gasteiger charge is -2.22. The van der Waals surface area contributed by atoms with Crippen LogP contribution in [-0.4, -0.2) is 29.8 Å². The van der Waals surface area contributed by atoms with Gasteiger partial charge < -0.3 is 5.73 Å². The van der Waals surface area contributed by atoms with Gasteiger partial charge in [0.25, 0.3) is 0 Å². The van der Waals surface area contributed by atoms with Crippen molar-refractivity contribution in [1.29, 1.82) is 0 Å². The van der Waals surface area contributed by atoms with Crippen LogP contribution in [0.1, 0.15) is 37.8 Å². The minimum Gasteiger partial charge on any atom is -0.321 e. The van der Waals surface area contributed by atoms with Crippen LogP contribution in [0.3, 0.4) is 0 Å². The number of nitrogens with two attached hydrogens (primary N) is 1. The molecule has 0 fully saturated rings. The Labute approximate surface area is 122 Å². The summed E-state index contributed by atoms with van der Waals surface area (Å²) in [5.74, 6) is 0.650. The molecule has 1 aliphatic rings. The Bertz CT molecular complexity index is 456. The van der Waals surface area contributed by atoms with E-state index in [-0.39, 0.29) is 11.8 Å². The van der Waals surface area contributed by atoms with E-state index in [4.69, 9.17) is 5.73 Å². The van der Waals surface area contributed by atoms with Crippen LogP contribution < -0.4 is 5.73 Å². The maximum Gasteiger partial charge on any atom is 0.163 e. The topological polar surface area (TPSA) is 46.3 Å². The van der Waals surface area contributed by atoms with Gasteiger partial charge in [0.2, 0.25) is 0 Å². The van der Waals surface area contributed by atoms with Gasteiger partial charge in [-0.2, -0.15) is 0 Å². The predicted octanol–water partition coefficient (Wildman–Crippen LogP) is 2.38. The third kappa shape index (κ3) is 4.15. The molecule has 1 aromatic rings. The Morgan fingerprint density at radius 3 is 2.70 bits per heavy atom. The Hall–Kier alpha value is -1.19. The first-order valence-corrected chi connectivity index (χ1v) is 7.63. The van der Waals surface area contributed by atoms with Crippen molar-refractivity contribution in [2.75, 3.05) is 13.1 Å². The van der Waals surface area contributed by atoms with Gasteiger partial charge in [0.15, 0.2) is 5.78 Å². The van der Waals surface area contributed by atoms with Crippen LogP contribution in [0.15, 0.2) is 24.3 Å². The molecule has 0 unspecified atom stereocenters. The summed E-state index contributed by atoms with van der Waals surface area (Å²) in [6.45, 7) is 6.55. The predicted molar refractivity (Wildman–Crippen MR) is 82.5 cm³/mol. The highest BCUT2D eigenvalue weighted by atomic mass is 16.1. The second kappa shape index (κ2) is 7.00. The van der Waals surface area contributed by atoms with Gasteiger partial charge in [-0.3, -0.25) is 9.69 Å². The van der Waals surface area contributed by atoms with E-state index >= 15 is 0 Å². The summed E-state index contributed by atoms with van der Waals surface area (Å²) in [4.78, 5) is 14.4. The van der Waals surface area contributed by atoms with Crippen molar-refractivity contribution in [2.24, 2.45) is 11.7 Å². The molecule has 0 amide bonds. The molecule has 1 atom stereocenters. The third-order valence-corrected chi connectivity index (χ3v) is 3.95. The highest BCUT2D eigenvalue weighted by Gasteiger charge is 2.20. The molecule has 1 aromatic carbocycles. The summed E-state index contributed by atoms with van der Waals surface area (Å²) in [5.41, 5.74) is 8.77. The maximum absolute atomic E-state index is 12.2. The zero-order valence-corrected chi connectivity index (χ0v) is 12.6. The van der Waals surface area contributed by atoms with Gasteiger partial charge in [-0.15, -0.1) is 0 Å². The second-order valence-corrected chi connectivity index (χ2v) is 6.29. The van der Waals surface area contributed by atoms with Crippen LogP contribution >= 0.6 is 0 Å². The number of hydrogen-bond acceptors (Lipinski definition) is 3. The molecule has 2 N–H and O–H groups in total. The fourth-order valence-electron chi connectivity index (χ4n) is 2.88. The number of rotatable bonds is 5. The largest absolute Gasteiger partial charge is 0.321 e. The van der Waals surface area contributed by atoms with Crippen LogP contribution in [-0.2, 0) is 17.8 Å². The number of hydrogen-bond donors (Lipinski definition) is 1. The average Bonchev–Trinajstić information content (AvgIpc) is 2.59. The molecule has 110 valence electrons. The number of Topliss-reactive ketones (excluding diaryl/α,β-unsaturated/α-hetero) is 1. The van der Waals surface area contributed by atoms with Crippen molar-refractivity contribution in [2.45, 2.75) is 45.7 Å². The Kier molecular flexibility index (Phi) is 5.32. The van der Waals surface area contributed by atoms with E-state index in [0.29, 0.717) is 12.5 Å². The van der Waals surface area contributed by atoms with Crippen LogP contribution in [0.25, 0.3) is 0 Å². The van der Waals surface area contributed by atoms with E-state index in [1.807, 2.05) is 0 Å². The van der Waals surface area contributed by atoms with Gasteiger partial charge in [0, 0.05) is 6.54 Å². The molecule has 20 heavy (non-hydrogen) atoms. The molecule has 1 heterocycles. The van der Waals surface area contributed by atoms with Crippen LogP contribution in [0, 0.1) is 5.92 Å². The monoisotopic (exact) mass is 274 g/mol. The summed E-state index contributed by atoms with van der Waals surface area (Å²) in [6, 6.07) is 8.23. The molecule has 0 saturated heterocycles. The smallest absolute Gasteiger partial charge is 0.163 e. The summed E-state index contributed by atoms with van der Waals surface area (Å²) in [6.07, 6.45) is 3.01. The third-order valence-electron chi connectivity index (χ3n) is 3.95. The Morgan fingerprint density at radius 2 is 2.00 bits per heavy atom. The van der Waals surface area contributed by atoms with Crippen LogP contribution in [0.5, 0.6) is 0 Å². The summed E-state index contributed by atoms with van der Waals surface area (Å²) in [7, 11) is 0. The van der Waals surface area contributed by atoms with Gasteiger partial charge in [0.1, 0.15) is 0 Å². The fraction of sp³-hybridized carbons (Fsp3) is 0.588. The lowest BCUT2D eigenvalue weighted by Crippen LogP contribution is -2.40. The molecule has 0 spiro atoms. The normalized spacial score (nSPS) is 17.6. The standard InChI is InChI=1S/C17H26N2O/c1-13(2)10-16(18)17(20)12-19-9-5-8-14-6-3-4-7-15(14)11-19/h3-4,6-7,13,16H,5,8-12,18H2,1-2H3/t16-/m0/s1. The molecule has 0 radical (unpaired) electrons. The molecular weight excluding hydrogens is 248 g/mol. The van der Waals surface area contributed by atoms with Crippen LogP contribution in [0.2, 0.25) is 0 Å². The highest BCUT2D eigenvalue weighted by molar-refractivity contribution is 5.85. The Balaban J connectivity index is 1.95. The molecule has 3 nitrogen and oxygen atoms in total. The fourth-order valence-corrected chi connectivity index (χ4v) is 2.88. The minimum absolute atomic E-state index is 0.179. The van der Waals surface area contributed by atoms with Gasteiger partial charge >= 0.3 is 0 Å². The van der Waals surface area contributed by atoms with Crippen molar-refractivity contribution in [3.63, 3.8) is 0 Å². The van der Waals surface area contributed by atoms with Gasteiger partial charge in [-0.25, -0.2) is 0 Å². The quantitative estimate of drug-likeness (QED) is 0.896. The first-order chi connectivity index (χ1) is 9.56. The molecule has 0 aliphatic carbocycles. The maximum atomic E-state index is 12.2. The molecule has 2 rings (SSSR count). The average molecular weight is 274 g/mol. The minimum atomic E-state index is -0.312. The molecular formula is C17H26N2O. The van der Waals surface area contributed by atoms with Crippen molar-refractivity contribution in [3.8, 4) is 0 Å². The number of carbonyl (C=O) groups is 1. The number of benzene rings is 1. The first-order valence-electron chi connectivity index (χ1n) is 7.63. The molecule has 0 aromatic heterocycles. The number of nitrogens with zero attached hydrogens (tertiary/aromatic N) is 1. The first kappa shape index (κ1) is 15.2. The zero-order chi connectivity index (χ0) is 14.5. The molecule has 0 saturated carbocycles. The number of aryl methyl sites for hydroxylation is 1. The molecule has 3 heteroatoms. The van der Waals surface area contributed by atoms with E-state index < -0.39 is 0 Å². The van der Waals surface area contributed by atoms with E-state index in [0.717, 1.165) is 32.4 Å². The number of ketones is 1. The second-order valence-electron chi connectivity index (χ2n) is 6.29. The lowest BCUT2D eigenvalue weighted by molar-refractivity contribution is -0.121. The van der Waals surface area contributed by atoms with Gasteiger partial charge in [-0.1, -0.05) is 38.1 Å². The van der Waals surface area contributed by atoms with Crippen molar-refractivity contribution >= 4 is 5.78 Å². The van der Waals surface area contributed by atoms with E-state index in [2.05, 4.69) is 43.0 Å². The highest BCUT2D eigenvalue weighted by Crippen LogP contribution is 2.18. The van der Waals surface area contributed by atoms with Gasteiger partial charge in [0.05, 0.1) is 12.6 Å².